The molecule has 0 aliphatic carbocycles. The Morgan fingerprint density at radius 2 is 2.18 bits per heavy atom. The summed E-state index contributed by atoms with van der Waals surface area (Å²) in [5.74, 6) is -0.195. The SMILES string of the molecule is CC(C)c1csc(CCNC(=O)C(Cl)(Cl)Cl)n1. The van der Waals surface area contributed by atoms with Gasteiger partial charge in [0.25, 0.3) is 9.70 Å². The molecule has 7 heteroatoms. The summed E-state index contributed by atoms with van der Waals surface area (Å²) in [5, 5.41) is 5.54. The van der Waals surface area contributed by atoms with Crippen LogP contribution < -0.4 is 5.32 Å². The van der Waals surface area contributed by atoms with Crippen molar-refractivity contribution in [3.8, 4) is 0 Å². The number of halogens is 3. The number of thiazole rings is 1. The lowest BCUT2D eigenvalue weighted by atomic mass is 10.2. The van der Waals surface area contributed by atoms with Crippen LogP contribution in [-0.4, -0.2) is 21.2 Å². The molecule has 0 radical (unpaired) electrons. The van der Waals surface area contributed by atoms with Gasteiger partial charge in [-0.25, -0.2) is 4.98 Å². The summed E-state index contributed by atoms with van der Waals surface area (Å²) in [6.07, 6.45) is 0.643. The van der Waals surface area contributed by atoms with E-state index < -0.39 is 9.70 Å². The zero-order chi connectivity index (χ0) is 13.1. The third-order valence-corrected chi connectivity index (χ3v) is 3.48. The van der Waals surface area contributed by atoms with Crippen LogP contribution in [0.3, 0.4) is 0 Å². The maximum Gasteiger partial charge on any atom is 0.272 e. The normalized spacial score (nSPS) is 11.9. The van der Waals surface area contributed by atoms with Crippen LogP contribution in [0.5, 0.6) is 0 Å². The summed E-state index contributed by atoms with van der Waals surface area (Å²) in [6, 6.07) is 0. The van der Waals surface area contributed by atoms with Gasteiger partial charge in [0, 0.05) is 18.3 Å². The number of amides is 1. The molecular formula is C10H13Cl3N2OS. The minimum atomic E-state index is -1.90. The molecule has 0 atom stereocenters. The molecule has 1 heterocycles. The number of aromatic nitrogens is 1. The maximum atomic E-state index is 11.2. The molecule has 0 aliphatic rings. The van der Waals surface area contributed by atoms with Crippen LogP contribution in [0.15, 0.2) is 5.38 Å². The molecule has 17 heavy (non-hydrogen) atoms. The van der Waals surface area contributed by atoms with E-state index in [0.29, 0.717) is 18.9 Å². The minimum Gasteiger partial charge on any atom is -0.352 e. The highest BCUT2D eigenvalue weighted by molar-refractivity contribution is 7.09. The smallest absolute Gasteiger partial charge is 0.272 e. The van der Waals surface area contributed by atoms with Crippen molar-refractivity contribution in [2.75, 3.05) is 6.54 Å². The molecule has 0 bridgehead atoms. The van der Waals surface area contributed by atoms with Gasteiger partial charge in [-0.2, -0.15) is 0 Å². The average molecular weight is 316 g/mol. The predicted octanol–water partition coefficient (Wildman–Crippen LogP) is 3.30. The minimum absolute atomic E-state index is 0.413. The Morgan fingerprint density at radius 1 is 1.53 bits per heavy atom. The molecule has 96 valence electrons. The van der Waals surface area contributed by atoms with Crippen molar-refractivity contribution in [1.29, 1.82) is 0 Å². The van der Waals surface area contributed by atoms with E-state index in [0.717, 1.165) is 10.7 Å². The van der Waals surface area contributed by atoms with Crippen molar-refractivity contribution in [1.82, 2.24) is 10.3 Å². The van der Waals surface area contributed by atoms with Gasteiger partial charge in [-0.05, 0) is 5.92 Å². The lowest BCUT2D eigenvalue weighted by molar-refractivity contribution is -0.120. The van der Waals surface area contributed by atoms with Crippen LogP contribution in [0, 0.1) is 0 Å². The van der Waals surface area contributed by atoms with Gasteiger partial charge in [0.05, 0.1) is 10.7 Å². The van der Waals surface area contributed by atoms with Crippen molar-refractivity contribution >= 4 is 52.0 Å². The summed E-state index contributed by atoms with van der Waals surface area (Å²) in [5.41, 5.74) is 1.07. The topological polar surface area (TPSA) is 42.0 Å². The quantitative estimate of drug-likeness (QED) is 0.866. The molecule has 0 fully saturated rings. The molecule has 1 N–H and O–H groups in total. The van der Waals surface area contributed by atoms with Gasteiger partial charge in [-0.1, -0.05) is 48.7 Å². The van der Waals surface area contributed by atoms with E-state index in [1.165, 1.54) is 0 Å². The van der Waals surface area contributed by atoms with Crippen molar-refractivity contribution in [2.45, 2.75) is 30.0 Å². The summed E-state index contributed by atoms with van der Waals surface area (Å²) in [4.78, 5) is 15.7. The number of rotatable bonds is 4. The van der Waals surface area contributed by atoms with Crippen molar-refractivity contribution < 1.29 is 4.79 Å². The first-order chi connectivity index (χ1) is 7.80. The molecule has 0 aromatic carbocycles. The van der Waals surface area contributed by atoms with E-state index in [4.69, 9.17) is 34.8 Å². The second kappa shape index (κ2) is 6.23. The fourth-order valence-corrected chi connectivity index (χ4v) is 2.25. The fraction of sp³-hybridized carbons (Fsp3) is 0.600. The van der Waals surface area contributed by atoms with Crippen LogP contribution in [-0.2, 0) is 11.2 Å². The number of nitrogens with one attached hydrogen (secondary N) is 1. The number of carbonyl (C=O) groups is 1. The van der Waals surface area contributed by atoms with E-state index in [2.05, 4.69) is 24.1 Å². The fourth-order valence-electron chi connectivity index (χ4n) is 1.09. The van der Waals surface area contributed by atoms with E-state index in [1.807, 2.05) is 5.38 Å². The van der Waals surface area contributed by atoms with Crippen LogP contribution in [0.4, 0.5) is 0 Å². The number of hydrogen-bond acceptors (Lipinski definition) is 3. The largest absolute Gasteiger partial charge is 0.352 e. The van der Waals surface area contributed by atoms with Crippen molar-refractivity contribution in [3.63, 3.8) is 0 Å². The number of carbonyl (C=O) groups excluding carboxylic acids is 1. The molecule has 3 nitrogen and oxygen atoms in total. The van der Waals surface area contributed by atoms with Gasteiger partial charge < -0.3 is 5.32 Å². The molecule has 1 aromatic rings. The third-order valence-electron chi connectivity index (χ3n) is 2.04. The van der Waals surface area contributed by atoms with Crippen LogP contribution >= 0.6 is 46.1 Å². The van der Waals surface area contributed by atoms with Crippen LogP contribution in [0.1, 0.15) is 30.5 Å². The summed E-state index contributed by atoms with van der Waals surface area (Å²) >= 11 is 17.8. The summed E-state index contributed by atoms with van der Waals surface area (Å²) in [7, 11) is 0. The molecular weight excluding hydrogens is 303 g/mol. The van der Waals surface area contributed by atoms with Gasteiger partial charge in [-0.15, -0.1) is 11.3 Å². The maximum absolute atomic E-state index is 11.2. The molecule has 1 aromatic heterocycles. The molecule has 0 aliphatic heterocycles. The first kappa shape index (κ1) is 15.0. The van der Waals surface area contributed by atoms with Gasteiger partial charge in [0.2, 0.25) is 0 Å². The highest BCUT2D eigenvalue weighted by Crippen LogP contribution is 2.25. The highest BCUT2D eigenvalue weighted by atomic mass is 35.6. The molecule has 0 unspecified atom stereocenters. The van der Waals surface area contributed by atoms with Crippen molar-refractivity contribution in [2.24, 2.45) is 0 Å². The van der Waals surface area contributed by atoms with E-state index in [1.54, 1.807) is 11.3 Å². The first-order valence-electron chi connectivity index (χ1n) is 5.10. The lowest BCUT2D eigenvalue weighted by Crippen LogP contribution is -2.35. The summed E-state index contributed by atoms with van der Waals surface area (Å²) in [6.45, 7) is 4.59. The number of alkyl halides is 3. The molecule has 0 saturated heterocycles. The second-order valence-electron chi connectivity index (χ2n) is 3.82. The second-order valence-corrected chi connectivity index (χ2v) is 7.05. The van der Waals surface area contributed by atoms with Crippen molar-refractivity contribution in [3.05, 3.63) is 16.1 Å². The predicted molar refractivity (Wildman–Crippen MR) is 73.2 cm³/mol. The summed E-state index contributed by atoms with van der Waals surface area (Å²) < 4.78 is -1.90. The van der Waals surface area contributed by atoms with Crippen LogP contribution in [0.25, 0.3) is 0 Å². The van der Waals surface area contributed by atoms with Crippen LogP contribution in [0.2, 0.25) is 0 Å². The molecule has 1 rings (SSSR count). The Labute approximate surface area is 119 Å². The Hall–Kier alpha value is -0.0300. The molecule has 0 saturated carbocycles. The van der Waals surface area contributed by atoms with Gasteiger partial charge >= 0.3 is 0 Å². The first-order valence-corrected chi connectivity index (χ1v) is 7.11. The monoisotopic (exact) mass is 314 g/mol. The lowest BCUT2D eigenvalue weighted by Gasteiger charge is -2.10. The Balaban J connectivity index is 2.38. The average Bonchev–Trinajstić information content (AvgIpc) is 2.64. The molecule has 1 amide bonds. The van der Waals surface area contributed by atoms with Gasteiger partial charge in [-0.3, -0.25) is 4.79 Å². The van der Waals surface area contributed by atoms with E-state index >= 15 is 0 Å². The number of nitrogens with zero attached hydrogens (tertiary/aromatic N) is 1. The third kappa shape index (κ3) is 5.00. The van der Waals surface area contributed by atoms with E-state index in [9.17, 15) is 4.79 Å². The zero-order valence-corrected chi connectivity index (χ0v) is 12.6. The van der Waals surface area contributed by atoms with Gasteiger partial charge in [0.1, 0.15) is 0 Å². The highest BCUT2D eigenvalue weighted by Gasteiger charge is 2.29. The van der Waals surface area contributed by atoms with E-state index in [-0.39, 0.29) is 0 Å². The molecule has 0 spiro atoms. The zero-order valence-electron chi connectivity index (χ0n) is 9.47. The Kier molecular flexibility index (Phi) is 5.51. The Morgan fingerprint density at radius 3 is 2.65 bits per heavy atom. The Bertz CT molecular complexity index is 387. The standard InChI is InChI=1S/C10H13Cl3N2OS/c1-6(2)7-5-17-8(15-7)3-4-14-9(16)10(11,12)13/h5-6H,3-4H2,1-2H3,(H,14,16). The number of hydrogen-bond donors (Lipinski definition) is 1. The van der Waals surface area contributed by atoms with Gasteiger partial charge in [0.15, 0.2) is 0 Å².